The second-order valence-corrected chi connectivity index (χ2v) is 9.26. The summed E-state index contributed by atoms with van der Waals surface area (Å²) in [6.07, 6.45) is 0.529. The molecule has 102 valence electrons. The Labute approximate surface area is 115 Å². The van der Waals surface area contributed by atoms with E-state index < -0.39 is 9.84 Å². The molecule has 0 bridgehead atoms. The van der Waals surface area contributed by atoms with E-state index in [4.69, 9.17) is 0 Å². The predicted molar refractivity (Wildman–Crippen MR) is 77.0 cm³/mol. The lowest BCUT2D eigenvalue weighted by Gasteiger charge is -2.15. The van der Waals surface area contributed by atoms with E-state index in [-0.39, 0.29) is 28.7 Å². The number of nitrogens with zero attached hydrogens (tertiary/aromatic N) is 1. The van der Waals surface area contributed by atoms with Crippen LogP contribution >= 0.6 is 23.5 Å². The first kappa shape index (κ1) is 14.2. The van der Waals surface area contributed by atoms with E-state index in [9.17, 15) is 13.2 Å². The molecule has 0 saturated carbocycles. The molecular formula is C10H16N2O3S3. The highest BCUT2D eigenvalue weighted by atomic mass is 32.2. The van der Waals surface area contributed by atoms with Crippen LogP contribution in [0.5, 0.6) is 0 Å². The van der Waals surface area contributed by atoms with Crippen LogP contribution < -0.4 is 5.32 Å². The fraction of sp³-hybridized carbons (Fsp3) is 0.800. The Morgan fingerprint density at radius 3 is 2.94 bits per heavy atom. The van der Waals surface area contributed by atoms with Gasteiger partial charge in [0.15, 0.2) is 9.84 Å². The molecule has 0 spiro atoms. The van der Waals surface area contributed by atoms with Crippen LogP contribution in [0.2, 0.25) is 0 Å². The van der Waals surface area contributed by atoms with Gasteiger partial charge in [0.2, 0.25) is 5.91 Å². The van der Waals surface area contributed by atoms with Gasteiger partial charge >= 0.3 is 0 Å². The van der Waals surface area contributed by atoms with Gasteiger partial charge in [-0.15, -0.1) is 0 Å². The molecule has 8 heteroatoms. The Balaban J connectivity index is 1.80. The lowest BCUT2D eigenvalue weighted by atomic mass is 10.2. The average molecular weight is 308 g/mol. The van der Waals surface area contributed by atoms with Crippen molar-refractivity contribution in [1.82, 2.24) is 5.32 Å². The van der Waals surface area contributed by atoms with Crippen molar-refractivity contribution in [1.29, 1.82) is 0 Å². The van der Waals surface area contributed by atoms with Gasteiger partial charge in [-0.2, -0.15) is 0 Å². The Bertz CT molecular complexity index is 461. The molecule has 0 aromatic heterocycles. The van der Waals surface area contributed by atoms with Gasteiger partial charge in [-0.05, 0) is 13.3 Å². The summed E-state index contributed by atoms with van der Waals surface area (Å²) in [5.41, 5.74) is 0. The van der Waals surface area contributed by atoms with Crippen molar-refractivity contribution in [2.75, 3.05) is 23.8 Å². The number of rotatable bonds is 3. The summed E-state index contributed by atoms with van der Waals surface area (Å²) in [5.74, 6) is 1.14. The Hall–Kier alpha value is -0.210. The molecule has 1 N–H and O–H groups in total. The van der Waals surface area contributed by atoms with Gasteiger partial charge in [0.1, 0.15) is 4.38 Å². The second kappa shape index (κ2) is 5.83. The van der Waals surface area contributed by atoms with Crippen molar-refractivity contribution in [2.45, 2.75) is 24.6 Å². The number of nitrogens with one attached hydrogen (secondary N) is 1. The van der Waals surface area contributed by atoms with Gasteiger partial charge in [-0.1, -0.05) is 23.5 Å². The van der Waals surface area contributed by atoms with Crippen LogP contribution in [0.3, 0.4) is 0 Å². The third-order valence-electron chi connectivity index (χ3n) is 2.78. The SMILES string of the molecule is C[C@H](SC1=NCCS1)C(=O)N[C@@H]1CCS(=O)(=O)C1. The maximum atomic E-state index is 11.9. The minimum absolute atomic E-state index is 0.0752. The van der Waals surface area contributed by atoms with Crippen LogP contribution in [0, 0.1) is 0 Å². The van der Waals surface area contributed by atoms with Crippen molar-refractivity contribution >= 4 is 43.6 Å². The van der Waals surface area contributed by atoms with Crippen molar-refractivity contribution in [2.24, 2.45) is 4.99 Å². The van der Waals surface area contributed by atoms with Crippen molar-refractivity contribution in [3.63, 3.8) is 0 Å². The molecule has 18 heavy (non-hydrogen) atoms. The molecule has 1 amide bonds. The summed E-state index contributed by atoms with van der Waals surface area (Å²) >= 11 is 3.12. The van der Waals surface area contributed by atoms with Crippen LogP contribution in [0.1, 0.15) is 13.3 Å². The third kappa shape index (κ3) is 3.89. The largest absolute Gasteiger partial charge is 0.351 e. The highest BCUT2D eigenvalue weighted by molar-refractivity contribution is 8.39. The Kier molecular flexibility index (Phi) is 4.60. The van der Waals surface area contributed by atoms with Crippen LogP contribution in [0.4, 0.5) is 0 Å². The lowest BCUT2D eigenvalue weighted by molar-refractivity contribution is -0.120. The molecule has 2 heterocycles. The maximum absolute atomic E-state index is 11.9. The molecule has 2 aliphatic heterocycles. The molecule has 5 nitrogen and oxygen atoms in total. The fourth-order valence-corrected chi connectivity index (χ4v) is 5.63. The minimum atomic E-state index is -2.94. The van der Waals surface area contributed by atoms with Crippen molar-refractivity contribution < 1.29 is 13.2 Å². The summed E-state index contributed by atoms with van der Waals surface area (Å²) in [6.45, 7) is 2.65. The zero-order valence-electron chi connectivity index (χ0n) is 10.1. The van der Waals surface area contributed by atoms with E-state index in [2.05, 4.69) is 10.3 Å². The summed E-state index contributed by atoms with van der Waals surface area (Å²) < 4.78 is 23.5. The van der Waals surface area contributed by atoms with E-state index >= 15 is 0 Å². The number of carbonyl (C=O) groups excluding carboxylic acids is 1. The molecule has 2 atom stereocenters. The van der Waals surface area contributed by atoms with E-state index in [0.717, 1.165) is 16.7 Å². The van der Waals surface area contributed by atoms with Gasteiger partial charge < -0.3 is 5.32 Å². The first-order valence-corrected chi connectivity index (χ1v) is 9.50. The van der Waals surface area contributed by atoms with Crippen LogP contribution in [0.15, 0.2) is 4.99 Å². The molecule has 0 aliphatic carbocycles. The number of amides is 1. The number of aliphatic imine (C=N–C) groups is 1. The highest BCUT2D eigenvalue weighted by Gasteiger charge is 2.30. The van der Waals surface area contributed by atoms with E-state index in [1.165, 1.54) is 11.8 Å². The number of thioether (sulfide) groups is 2. The highest BCUT2D eigenvalue weighted by Crippen LogP contribution is 2.26. The molecule has 0 radical (unpaired) electrons. The topological polar surface area (TPSA) is 75.6 Å². The molecule has 1 fully saturated rings. The normalized spacial score (nSPS) is 27.8. The fourth-order valence-electron chi connectivity index (χ4n) is 1.82. The van der Waals surface area contributed by atoms with Crippen LogP contribution in [0.25, 0.3) is 0 Å². The number of hydrogen-bond acceptors (Lipinski definition) is 6. The molecule has 2 aliphatic rings. The Morgan fingerprint density at radius 2 is 2.39 bits per heavy atom. The molecule has 2 rings (SSSR count). The van der Waals surface area contributed by atoms with Gasteiger partial charge in [0.25, 0.3) is 0 Å². The first-order chi connectivity index (χ1) is 8.46. The standard InChI is InChI=1S/C10H16N2O3S3/c1-7(17-10-11-3-4-16-10)9(13)12-8-2-5-18(14,15)6-8/h7-8H,2-6H2,1H3,(H,12,13)/t7-,8+/m0/s1. The number of hydrogen-bond donors (Lipinski definition) is 1. The Morgan fingerprint density at radius 1 is 1.61 bits per heavy atom. The average Bonchev–Trinajstić information content (AvgIpc) is 2.88. The van der Waals surface area contributed by atoms with Crippen LogP contribution in [-0.4, -0.2) is 53.8 Å². The van der Waals surface area contributed by atoms with Gasteiger partial charge in [0, 0.05) is 11.8 Å². The summed E-state index contributed by atoms with van der Waals surface area (Å²) in [6, 6.07) is -0.219. The van der Waals surface area contributed by atoms with Gasteiger partial charge in [0.05, 0.1) is 23.3 Å². The minimum Gasteiger partial charge on any atom is -0.351 e. The molecule has 0 aromatic carbocycles. The second-order valence-electron chi connectivity index (χ2n) is 4.36. The first-order valence-electron chi connectivity index (χ1n) is 5.81. The number of sulfone groups is 1. The summed E-state index contributed by atoms with van der Waals surface area (Å²) in [7, 11) is -2.94. The van der Waals surface area contributed by atoms with Gasteiger partial charge in [-0.25, -0.2) is 8.42 Å². The van der Waals surface area contributed by atoms with Crippen molar-refractivity contribution in [3.8, 4) is 0 Å². The lowest BCUT2D eigenvalue weighted by Crippen LogP contribution is -2.40. The smallest absolute Gasteiger partial charge is 0.233 e. The van der Waals surface area contributed by atoms with Gasteiger partial charge in [-0.3, -0.25) is 9.79 Å². The summed E-state index contributed by atoms with van der Waals surface area (Å²) in [5, 5.41) is 2.58. The quantitative estimate of drug-likeness (QED) is 0.822. The molecule has 0 aromatic rings. The zero-order valence-corrected chi connectivity index (χ0v) is 12.5. The van der Waals surface area contributed by atoms with Crippen LogP contribution in [-0.2, 0) is 14.6 Å². The van der Waals surface area contributed by atoms with E-state index in [1.807, 2.05) is 6.92 Å². The molecule has 0 unspecified atom stereocenters. The third-order valence-corrected chi connectivity index (χ3v) is 6.85. The monoisotopic (exact) mass is 308 g/mol. The number of carbonyl (C=O) groups is 1. The summed E-state index contributed by atoms with van der Waals surface area (Å²) in [4.78, 5) is 16.2. The van der Waals surface area contributed by atoms with E-state index in [0.29, 0.717) is 6.42 Å². The predicted octanol–water partition coefficient (Wildman–Crippen LogP) is 0.514. The molecular weight excluding hydrogens is 292 g/mol. The molecule has 1 saturated heterocycles. The van der Waals surface area contributed by atoms with Crippen molar-refractivity contribution in [3.05, 3.63) is 0 Å². The zero-order chi connectivity index (χ0) is 13.2. The maximum Gasteiger partial charge on any atom is 0.233 e. The van der Waals surface area contributed by atoms with E-state index in [1.54, 1.807) is 11.8 Å².